The summed E-state index contributed by atoms with van der Waals surface area (Å²) in [5, 5.41) is 12.4. The molecule has 2 aliphatic rings. The molecule has 0 aromatic heterocycles. The number of sulfonamides is 1. The van der Waals surface area contributed by atoms with E-state index in [1.807, 2.05) is 0 Å². The molecule has 0 radical (unpaired) electrons. The van der Waals surface area contributed by atoms with Crippen molar-refractivity contribution in [2.75, 3.05) is 28.9 Å². The van der Waals surface area contributed by atoms with Crippen LogP contribution in [0.2, 0.25) is 0 Å². The average Bonchev–Trinajstić information content (AvgIpc) is 3.15. The molecule has 1 aromatic rings. The van der Waals surface area contributed by atoms with Crippen molar-refractivity contribution in [3.05, 3.63) is 23.8 Å². The van der Waals surface area contributed by atoms with Crippen molar-refractivity contribution in [3.8, 4) is 0 Å². The number of hydrogen-bond donors (Lipinski definition) is 3. The van der Waals surface area contributed by atoms with Gasteiger partial charge < -0.3 is 15.3 Å². The van der Waals surface area contributed by atoms with Crippen molar-refractivity contribution < 1.29 is 23.1 Å². The van der Waals surface area contributed by atoms with E-state index < -0.39 is 21.4 Å². The van der Waals surface area contributed by atoms with Gasteiger partial charge in [-0.1, -0.05) is 6.42 Å². The summed E-state index contributed by atoms with van der Waals surface area (Å²) < 4.78 is 25.9. The summed E-state index contributed by atoms with van der Waals surface area (Å²) in [6.07, 6.45) is 2.34. The zero-order chi connectivity index (χ0) is 19.8. The van der Waals surface area contributed by atoms with Crippen molar-refractivity contribution >= 4 is 33.4 Å². The standard InChI is InChI=1S/C18H25N3O5S/c1-3-27(25,26)20-15-7-6-14(9-12(15)2)19-17(24)21-10-13-5-4-8-18(13,11-21)16(22)23/h6-7,9,13,20H,3-5,8,10-11H2,1-2H3,(H,19,24)(H,22,23)/t13-,18+/m0/s1. The molecule has 1 saturated heterocycles. The van der Waals surface area contributed by atoms with Gasteiger partial charge in [-0.3, -0.25) is 9.52 Å². The molecule has 2 fully saturated rings. The van der Waals surface area contributed by atoms with Gasteiger partial charge in [-0.15, -0.1) is 0 Å². The quantitative estimate of drug-likeness (QED) is 0.708. The fourth-order valence-corrected chi connectivity index (χ4v) is 4.80. The van der Waals surface area contributed by atoms with Crippen LogP contribution in [0.4, 0.5) is 16.2 Å². The van der Waals surface area contributed by atoms with E-state index in [0.717, 1.165) is 12.8 Å². The molecule has 1 heterocycles. The highest BCUT2D eigenvalue weighted by molar-refractivity contribution is 7.92. The summed E-state index contributed by atoms with van der Waals surface area (Å²) in [5.74, 6) is -0.830. The number of aryl methyl sites for hydroxylation is 1. The fourth-order valence-electron chi connectivity index (χ4n) is 4.09. The maximum Gasteiger partial charge on any atom is 0.321 e. The first-order chi connectivity index (χ1) is 12.7. The summed E-state index contributed by atoms with van der Waals surface area (Å²) >= 11 is 0. The number of carboxylic acid groups (broad SMARTS) is 1. The van der Waals surface area contributed by atoms with Crippen LogP contribution in [0.5, 0.6) is 0 Å². The summed E-state index contributed by atoms with van der Waals surface area (Å²) in [4.78, 5) is 25.9. The van der Waals surface area contributed by atoms with E-state index in [9.17, 15) is 23.1 Å². The number of likely N-dealkylation sites (tertiary alicyclic amines) is 1. The fraction of sp³-hybridized carbons (Fsp3) is 0.556. The largest absolute Gasteiger partial charge is 0.481 e. The Bertz CT molecular complexity index is 870. The summed E-state index contributed by atoms with van der Waals surface area (Å²) in [5.41, 5.74) is 0.883. The number of carboxylic acids is 1. The molecule has 27 heavy (non-hydrogen) atoms. The SMILES string of the molecule is CCS(=O)(=O)Nc1ccc(NC(=O)N2C[C@@H]3CCC[C@@]3(C(=O)O)C2)cc1C. The van der Waals surface area contributed by atoms with Gasteiger partial charge in [0, 0.05) is 18.8 Å². The molecule has 2 atom stereocenters. The lowest BCUT2D eigenvalue weighted by molar-refractivity contribution is -0.149. The Morgan fingerprint density at radius 1 is 1.37 bits per heavy atom. The van der Waals surface area contributed by atoms with E-state index in [-0.39, 0.29) is 24.2 Å². The van der Waals surface area contributed by atoms with Crippen molar-refractivity contribution in [1.29, 1.82) is 0 Å². The van der Waals surface area contributed by atoms with Gasteiger partial charge in [-0.2, -0.15) is 0 Å². The van der Waals surface area contributed by atoms with E-state index >= 15 is 0 Å². The average molecular weight is 395 g/mol. The van der Waals surface area contributed by atoms with E-state index in [0.29, 0.717) is 29.9 Å². The molecule has 9 heteroatoms. The lowest BCUT2D eigenvalue weighted by Crippen LogP contribution is -2.38. The minimum atomic E-state index is -3.37. The molecule has 0 spiro atoms. The predicted molar refractivity (Wildman–Crippen MR) is 102 cm³/mol. The normalized spacial score (nSPS) is 24.5. The second kappa shape index (κ2) is 7.03. The topological polar surface area (TPSA) is 116 Å². The Morgan fingerprint density at radius 3 is 2.70 bits per heavy atom. The van der Waals surface area contributed by atoms with Crippen LogP contribution in [0, 0.1) is 18.3 Å². The summed E-state index contributed by atoms with van der Waals surface area (Å²) in [6, 6.07) is 4.60. The van der Waals surface area contributed by atoms with Gasteiger partial charge in [0.05, 0.1) is 16.9 Å². The lowest BCUT2D eigenvalue weighted by atomic mass is 9.81. The van der Waals surface area contributed by atoms with Crippen molar-refractivity contribution in [3.63, 3.8) is 0 Å². The van der Waals surface area contributed by atoms with Gasteiger partial charge >= 0.3 is 12.0 Å². The summed E-state index contributed by atoms with van der Waals surface area (Å²) in [6.45, 7) is 3.99. The van der Waals surface area contributed by atoms with E-state index in [1.54, 1.807) is 36.9 Å². The van der Waals surface area contributed by atoms with Gasteiger partial charge in [0.2, 0.25) is 10.0 Å². The molecule has 2 amide bonds. The molecular formula is C18H25N3O5S. The highest BCUT2D eigenvalue weighted by atomic mass is 32.2. The van der Waals surface area contributed by atoms with Gasteiger partial charge in [0.25, 0.3) is 0 Å². The highest BCUT2D eigenvalue weighted by Gasteiger charge is 2.55. The molecule has 1 aromatic carbocycles. The van der Waals surface area contributed by atoms with Crippen LogP contribution in [0.1, 0.15) is 31.7 Å². The number of anilines is 2. The summed E-state index contributed by atoms with van der Waals surface area (Å²) in [7, 11) is -3.37. The molecule has 8 nitrogen and oxygen atoms in total. The molecule has 3 rings (SSSR count). The van der Waals surface area contributed by atoms with Gasteiger partial charge in [0.1, 0.15) is 0 Å². The molecule has 0 unspecified atom stereocenters. The van der Waals surface area contributed by atoms with Gasteiger partial charge in [-0.25, -0.2) is 13.2 Å². The first-order valence-electron chi connectivity index (χ1n) is 9.07. The molecule has 148 valence electrons. The minimum absolute atomic E-state index is 0.00770. The highest BCUT2D eigenvalue weighted by Crippen LogP contribution is 2.48. The zero-order valence-electron chi connectivity index (χ0n) is 15.5. The zero-order valence-corrected chi connectivity index (χ0v) is 16.3. The second-order valence-corrected chi connectivity index (χ2v) is 9.41. The monoisotopic (exact) mass is 395 g/mol. The Morgan fingerprint density at radius 2 is 2.11 bits per heavy atom. The van der Waals surface area contributed by atoms with E-state index in [1.165, 1.54) is 0 Å². The minimum Gasteiger partial charge on any atom is -0.481 e. The third-order valence-corrected chi connectivity index (χ3v) is 7.00. The number of aliphatic carboxylic acids is 1. The number of benzene rings is 1. The van der Waals surface area contributed by atoms with Crippen LogP contribution in [0.25, 0.3) is 0 Å². The Balaban J connectivity index is 1.68. The maximum atomic E-state index is 12.6. The van der Waals surface area contributed by atoms with Crippen LogP contribution in [-0.4, -0.2) is 49.3 Å². The van der Waals surface area contributed by atoms with Crippen LogP contribution in [0.15, 0.2) is 18.2 Å². The number of fused-ring (bicyclic) bond motifs is 1. The first-order valence-corrected chi connectivity index (χ1v) is 10.7. The third kappa shape index (κ3) is 3.73. The van der Waals surface area contributed by atoms with Gasteiger partial charge in [0.15, 0.2) is 0 Å². The van der Waals surface area contributed by atoms with Crippen molar-refractivity contribution in [2.45, 2.75) is 33.1 Å². The van der Waals surface area contributed by atoms with Crippen molar-refractivity contribution in [1.82, 2.24) is 4.90 Å². The number of nitrogens with one attached hydrogen (secondary N) is 2. The van der Waals surface area contributed by atoms with Crippen LogP contribution in [0.3, 0.4) is 0 Å². The van der Waals surface area contributed by atoms with Crippen LogP contribution < -0.4 is 10.0 Å². The number of nitrogens with zero attached hydrogens (tertiary/aromatic N) is 1. The molecule has 3 N–H and O–H groups in total. The van der Waals surface area contributed by atoms with Gasteiger partial charge in [-0.05, 0) is 56.4 Å². The molecular weight excluding hydrogens is 370 g/mol. The van der Waals surface area contributed by atoms with E-state index in [4.69, 9.17) is 0 Å². The predicted octanol–water partition coefficient (Wildman–Crippen LogP) is 2.48. The third-order valence-electron chi connectivity index (χ3n) is 5.71. The van der Waals surface area contributed by atoms with Crippen molar-refractivity contribution in [2.24, 2.45) is 11.3 Å². The number of amides is 2. The maximum absolute atomic E-state index is 12.6. The Kier molecular flexibility index (Phi) is 5.07. The molecule has 0 bridgehead atoms. The number of rotatable bonds is 5. The van der Waals surface area contributed by atoms with Crippen LogP contribution in [-0.2, 0) is 14.8 Å². The van der Waals surface area contributed by atoms with E-state index in [2.05, 4.69) is 10.0 Å². The van der Waals surface area contributed by atoms with Crippen LogP contribution >= 0.6 is 0 Å². The molecule has 1 saturated carbocycles. The number of hydrogen-bond acceptors (Lipinski definition) is 4. The molecule has 1 aliphatic carbocycles. The Hall–Kier alpha value is -2.29. The number of carbonyl (C=O) groups is 2. The first kappa shape index (κ1) is 19.5. The lowest BCUT2D eigenvalue weighted by Gasteiger charge is -2.23. The number of urea groups is 1. The Labute approximate surface area is 159 Å². The molecule has 1 aliphatic heterocycles. The smallest absolute Gasteiger partial charge is 0.321 e. The second-order valence-electron chi connectivity index (χ2n) is 7.40. The number of carbonyl (C=O) groups excluding carboxylic acids is 1.